The first-order chi connectivity index (χ1) is 9.31. The van der Waals surface area contributed by atoms with Gasteiger partial charge in [-0.15, -0.1) is 0 Å². The molecule has 1 saturated heterocycles. The van der Waals surface area contributed by atoms with E-state index >= 15 is 0 Å². The molecule has 1 fully saturated rings. The van der Waals surface area contributed by atoms with E-state index in [2.05, 4.69) is 4.98 Å². The van der Waals surface area contributed by atoms with Gasteiger partial charge in [-0.25, -0.2) is 4.98 Å². The molecule has 0 atom stereocenters. The topological polar surface area (TPSA) is 47.4 Å². The van der Waals surface area contributed by atoms with Crippen LogP contribution in [0.4, 0.5) is 5.82 Å². The molecule has 0 saturated carbocycles. The molecule has 0 N–H and O–H groups in total. The maximum Gasteiger partial charge on any atom is 0.293 e. The van der Waals surface area contributed by atoms with Crippen LogP contribution in [0, 0.1) is 0 Å². The normalized spacial score (nSPS) is 15.9. The monoisotopic (exact) mass is 259 g/mol. The van der Waals surface area contributed by atoms with Gasteiger partial charge in [0.25, 0.3) is 5.56 Å². The zero-order valence-electron chi connectivity index (χ0n) is 11.0. The first kappa shape index (κ1) is 12.2. The summed E-state index contributed by atoms with van der Waals surface area (Å²) in [4.78, 5) is 19.1. The highest BCUT2D eigenvalue weighted by Gasteiger charge is 2.18. The predicted octanol–water partition coefficient (Wildman–Crippen LogP) is 1.25. The van der Waals surface area contributed by atoms with Crippen molar-refractivity contribution in [2.75, 3.05) is 31.2 Å². The van der Waals surface area contributed by atoms with Gasteiger partial charge in [-0.05, 0) is 19.1 Å². The van der Waals surface area contributed by atoms with Gasteiger partial charge in [0.1, 0.15) is 0 Å². The van der Waals surface area contributed by atoms with Crippen LogP contribution in [0.5, 0.6) is 0 Å². The van der Waals surface area contributed by atoms with Crippen LogP contribution in [0.2, 0.25) is 0 Å². The number of benzene rings is 1. The molecule has 19 heavy (non-hydrogen) atoms. The van der Waals surface area contributed by atoms with Gasteiger partial charge in [-0.2, -0.15) is 0 Å². The van der Waals surface area contributed by atoms with Crippen molar-refractivity contribution in [3.05, 3.63) is 34.6 Å². The first-order valence-electron chi connectivity index (χ1n) is 6.63. The SMILES string of the molecule is CCn1c(=O)c(N2CCOCC2)nc2ccccc21. The minimum Gasteiger partial charge on any atom is -0.378 e. The van der Waals surface area contributed by atoms with E-state index in [-0.39, 0.29) is 5.56 Å². The van der Waals surface area contributed by atoms with Gasteiger partial charge in [0.15, 0.2) is 5.82 Å². The lowest BCUT2D eigenvalue weighted by molar-refractivity contribution is 0.122. The predicted molar refractivity (Wildman–Crippen MR) is 74.7 cm³/mol. The van der Waals surface area contributed by atoms with Crippen LogP contribution in [0.25, 0.3) is 11.0 Å². The van der Waals surface area contributed by atoms with E-state index in [0.29, 0.717) is 25.6 Å². The van der Waals surface area contributed by atoms with Crippen molar-refractivity contribution in [1.29, 1.82) is 0 Å². The van der Waals surface area contributed by atoms with E-state index < -0.39 is 0 Å². The highest BCUT2D eigenvalue weighted by atomic mass is 16.5. The molecular formula is C14H17N3O2. The molecule has 2 heterocycles. The number of anilines is 1. The van der Waals surface area contributed by atoms with Crippen molar-refractivity contribution in [3.63, 3.8) is 0 Å². The van der Waals surface area contributed by atoms with Gasteiger partial charge in [-0.1, -0.05) is 12.1 Å². The number of fused-ring (bicyclic) bond motifs is 1. The number of aryl methyl sites for hydroxylation is 1. The Labute approximate surface area is 111 Å². The number of nitrogens with zero attached hydrogens (tertiary/aromatic N) is 3. The molecular weight excluding hydrogens is 242 g/mol. The van der Waals surface area contributed by atoms with E-state index in [1.165, 1.54) is 0 Å². The molecule has 2 aromatic rings. The van der Waals surface area contributed by atoms with Gasteiger partial charge in [0, 0.05) is 19.6 Å². The highest BCUT2D eigenvalue weighted by Crippen LogP contribution is 2.15. The van der Waals surface area contributed by atoms with Crippen molar-refractivity contribution < 1.29 is 4.74 Å². The number of rotatable bonds is 2. The van der Waals surface area contributed by atoms with Gasteiger partial charge >= 0.3 is 0 Å². The largest absolute Gasteiger partial charge is 0.378 e. The van der Waals surface area contributed by atoms with E-state index in [4.69, 9.17) is 4.74 Å². The fourth-order valence-electron chi connectivity index (χ4n) is 2.47. The molecule has 0 amide bonds. The molecule has 1 aliphatic rings. The van der Waals surface area contributed by atoms with Gasteiger partial charge in [0.2, 0.25) is 0 Å². The molecule has 5 heteroatoms. The van der Waals surface area contributed by atoms with E-state index in [0.717, 1.165) is 24.1 Å². The smallest absolute Gasteiger partial charge is 0.293 e. The van der Waals surface area contributed by atoms with Crippen LogP contribution < -0.4 is 10.5 Å². The Morgan fingerprint density at radius 1 is 1.26 bits per heavy atom. The Morgan fingerprint density at radius 2 is 2.00 bits per heavy atom. The minimum absolute atomic E-state index is 0.0110. The molecule has 100 valence electrons. The molecule has 3 rings (SSSR count). The molecule has 0 spiro atoms. The molecule has 0 bridgehead atoms. The number of ether oxygens (including phenoxy) is 1. The summed E-state index contributed by atoms with van der Waals surface area (Å²) in [6.07, 6.45) is 0. The summed E-state index contributed by atoms with van der Waals surface area (Å²) in [7, 11) is 0. The quantitative estimate of drug-likeness (QED) is 0.814. The number of para-hydroxylation sites is 2. The molecule has 0 radical (unpaired) electrons. The van der Waals surface area contributed by atoms with Crippen molar-refractivity contribution in [2.24, 2.45) is 0 Å². The Balaban J connectivity index is 2.19. The maximum atomic E-state index is 12.5. The van der Waals surface area contributed by atoms with Crippen LogP contribution in [0.3, 0.4) is 0 Å². The lowest BCUT2D eigenvalue weighted by Crippen LogP contribution is -2.41. The Morgan fingerprint density at radius 3 is 2.74 bits per heavy atom. The Bertz CT molecular complexity index is 645. The third-order valence-corrected chi connectivity index (χ3v) is 3.46. The second-order valence-corrected chi connectivity index (χ2v) is 4.57. The first-order valence-corrected chi connectivity index (χ1v) is 6.63. The van der Waals surface area contributed by atoms with Crippen molar-refractivity contribution in [2.45, 2.75) is 13.5 Å². The summed E-state index contributed by atoms with van der Waals surface area (Å²) in [6.45, 7) is 5.39. The summed E-state index contributed by atoms with van der Waals surface area (Å²) in [5, 5.41) is 0. The van der Waals surface area contributed by atoms with Crippen LogP contribution in [0.1, 0.15) is 6.92 Å². The van der Waals surface area contributed by atoms with Gasteiger partial charge in [0.05, 0.1) is 24.2 Å². The zero-order chi connectivity index (χ0) is 13.2. The average molecular weight is 259 g/mol. The summed E-state index contributed by atoms with van der Waals surface area (Å²) in [6, 6.07) is 7.77. The fourth-order valence-corrected chi connectivity index (χ4v) is 2.47. The summed E-state index contributed by atoms with van der Waals surface area (Å²) in [5.41, 5.74) is 1.75. The lowest BCUT2D eigenvalue weighted by atomic mass is 10.3. The molecule has 1 aromatic heterocycles. The maximum absolute atomic E-state index is 12.5. The third-order valence-electron chi connectivity index (χ3n) is 3.46. The Hall–Kier alpha value is -1.88. The lowest BCUT2D eigenvalue weighted by Gasteiger charge is -2.27. The number of hydrogen-bond donors (Lipinski definition) is 0. The van der Waals surface area contributed by atoms with E-state index in [1.807, 2.05) is 36.1 Å². The van der Waals surface area contributed by atoms with Crippen molar-refractivity contribution in [3.8, 4) is 0 Å². The summed E-state index contributed by atoms with van der Waals surface area (Å²) < 4.78 is 7.11. The number of aromatic nitrogens is 2. The Kier molecular flexibility index (Phi) is 3.21. The van der Waals surface area contributed by atoms with Gasteiger partial charge < -0.3 is 14.2 Å². The minimum atomic E-state index is -0.0110. The zero-order valence-corrected chi connectivity index (χ0v) is 11.0. The molecule has 1 aromatic carbocycles. The summed E-state index contributed by atoms with van der Waals surface area (Å²) in [5.74, 6) is 0.545. The molecule has 0 unspecified atom stereocenters. The second kappa shape index (κ2) is 5.01. The van der Waals surface area contributed by atoms with Crippen LogP contribution in [-0.2, 0) is 11.3 Å². The number of hydrogen-bond acceptors (Lipinski definition) is 4. The van der Waals surface area contributed by atoms with Crippen molar-refractivity contribution in [1.82, 2.24) is 9.55 Å². The molecule has 5 nitrogen and oxygen atoms in total. The van der Waals surface area contributed by atoms with Crippen LogP contribution in [-0.4, -0.2) is 35.9 Å². The second-order valence-electron chi connectivity index (χ2n) is 4.57. The number of morpholine rings is 1. The van der Waals surface area contributed by atoms with Crippen LogP contribution >= 0.6 is 0 Å². The highest BCUT2D eigenvalue weighted by molar-refractivity contribution is 5.76. The van der Waals surface area contributed by atoms with Crippen molar-refractivity contribution >= 4 is 16.9 Å². The standard InChI is InChI=1S/C14H17N3O2/c1-2-17-12-6-4-3-5-11(12)15-13(14(17)18)16-7-9-19-10-8-16/h3-6H,2,7-10H2,1H3. The van der Waals surface area contributed by atoms with Gasteiger partial charge in [-0.3, -0.25) is 4.79 Å². The van der Waals surface area contributed by atoms with E-state index in [1.54, 1.807) is 4.57 Å². The molecule has 1 aliphatic heterocycles. The third kappa shape index (κ3) is 2.10. The molecule has 0 aliphatic carbocycles. The fraction of sp³-hybridized carbons (Fsp3) is 0.429. The van der Waals surface area contributed by atoms with E-state index in [9.17, 15) is 4.79 Å². The van der Waals surface area contributed by atoms with Crippen LogP contribution in [0.15, 0.2) is 29.1 Å². The average Bonchev–Trinajstić information content (AvgIpc) is 2.47. The summed E-state index contributed by atoms with van der Waals surface area (Å²) >= 11 is 0.